The van der Waals surface area contributed by atoms with Crippen molar-refractivity contribution in [3.05, 3.63) is 16.0 Å². The summed E-state index contributed by atoms with van der Waals surface area (Å²) in [4.78, 5) is 26.5. The molecule has 22 heavy (non-hydrogen) atoms. The molecule has 0 bridgehead atoms. The molecule has 0 aromatic carbocycles. The quantitative estimate of drug-likeness (QED) is 0.860. The van der Waals surface area contributed by atoms with Gasteiger partial charge in [0.1, 0.15) is 11.1 Å². The molecule has 0 spiro atoms. The molecule has 116 valence electrons. The van der Waals surface area contributed by atoms with E-state index >= 15 is 0 Å². The molecule has 2 amide bonds. The summed E-state index contributed by atoms with van der Waals surface area (Å²) in [5.74, 6) is -0.598. The number of primary amides is 1. The summed E-state index contributed by atoms with van der Waals surface area (Å²) in [7, 11) is 0. The van der Waals surface area contributed by atoms with Crippen LogP contribution >= 0.6 is 11.3 Å². The fourth-order valence-corrected chi connectivity index (χ4v) is 4.44. The van der Waals surface area contributed by atoms with E-state index in [0.29, 0.717) is 30.1 Å². The molecule has 1 aliphatic carbocycles. The molecule has 1 atom stereocenters. The molecule has 3 rings (SSSR count). The SMILES string of the molecule is N#Cc1c(NC(=O)CN2CC[C@H](C(N)=O)C2)sc2c1CCC2. The van der Waals surface area contributed by atoms with Crippen molar-refractivity contribution in [1.82, 2.24) is 4.90 Å². The maximum absolute atomic E-state index is 12.2. The van der Waals surface area contributed by atoms with Crippen molar-refractivity contribution in [3.63, 3.8) is 0 Å². The van der Waals surface area contributed by atoms with Crippen molar-refractivity contribution in [3.8, 4) is 6.07 Å². The van der Waals surface area contributed by atoms with E-state index in [9.17, 15) is 14.9 Å². The monoisotopic (exact) mass is 318 g/mol. The molecule has 1 aromatic heterocycles. The zero-order chi connectivity index (χ0) is 15.7. The highest BCUT2D eigenvalue weighted by Crippen LogP contribution is 2.38. The van der Waals surface area contributed by atoms with Gasteiger partial charge in [-0.05, 0) is 37.8 Å². The van der Waals surface area contributed by atoms with Crippen LogP contribution in [0.15, 0.2) is 0 Å². The summed E-state index contributed by atoms with van der Waals surface area (Å²) in [6, 6.07) is 2.22. The summed E-state index contributed by atoms with van der Waals surface area (Å²) in [5, 5.41) is 12.8. The van der Waals surface area contributed by atoms with Gasteiger partial charge in [0.2, 0.25) is 11.8 Å². The minimum absolute atomic E-state index is 0.137. The van der Waals surface area contributed by atoms with Gasteiger partial charge in [-0.15, -0.1) is 11.3 Å². The molecule has 1 aliphatic heterocycles. The Hall–Kier alpha value is -1.91. The number of hydrogen-bond donors (Lipinski definition) is 2. The zero-order valence-corrected chi connectivity index (χ0v) is 13.0. The number of hydrogen-bond acceptors (Lipinski definition) is 5. The molecule has 0 radical (unpaired) electrons. The number of fused-ring (bicyclic) bond motifs is 1. The second-order valence-electron chi connectivity index (χ2n) is 5.84. The summed E-state index contributed by atoms with van der Waals surface area (Å²) in [6.07, 6.45) is 3.72. The van der Waals surface area contributed by atoms with Crippen molar-refractivity contribution in [2.45, 2.75) is 25.7 Å². The highest BCUT2D eigenvalue weighted by atomic mass is 32.1. The van der Waals surface area contributed by atoms with Crippen LogP contribution in [0.25, 0.3) is 0 Å². The number of rotatable bonds is 4. The number of likely N-dealkylation sites (tertiary alicyclic amines) is 1. The first kappa shape index (κ1) is 15.0. The number of nitrogens with two attached hydrogens (primary N) is 1. The number of thiophene rings is 1. The summed E-state index contributed by atoms with van der Waals surface area (Å²) in [6.45, 7) is 1.47. The summed E-state index contributed by atoms with van der Waals surface area (Å²) < 4.78 is 0. The average Bonchev–Trinajstić information content (AvgIpc) is 3.13. The Bertz CT molecular complexity index is 661. The zero-order valence-electron chi connectivity index (χ0n) is 12.2. The highest BCUT2D eigenvalue weighted by molar-refractivity contribution is 7.16. The third kappa shape index (κ3) is 2.85. The minimum atomic E-state index is -0.302. The van der Waals surface area contributed by atoms with Crippen molar-refractivity contribution >= 4 is 28.2 Å². The molecule has 0 unspecified atom stereocenters. The fourth-order valence-electron chi connectivity index (χ4n) is 3.19. The molecule has 3 N–H and O–H groups in total. The predicted octanol–water partition coefficient (Wildman–Crippen LogP) is 0.854. The maximum Gasteiger partial charge on any atom is 0.239 e. The van der Waals surface area contributed by atoms with Crippen LogP contribution in [0.4, 0.5) is 5.00 Å². The van der Waals surface area contributed by atoms with Gasteiger partial charge in [0.15, 0.2) is 0 Å². The van der Waals surface area contributed by atoms with E-state index in [0.717, 1.165) is 24.8 Å². The summed E-state index contributed by atoms with van der Waals surface area (Å²) >= 11 is 1.52. The van der Waals surface area contributed by atoms with E-state index < -0.39 is 0 Å². The first-order chi connectivity index (χ1) is 10.6. The Balaban J connectivity index is 1.61. The van der Waals surface area contributed by atoms with Crippen LogP contribution < -0.4 is 11.1 Å². The fraction of sp³-hybridized carbons (Fsp3) is 0.533. The van der Waals surface area contributed by atoms with Crippen LogP contribution in [-0.4, -0.2) is 36.3 Å². The Labute approximate surface area is 132 Å². The van der Waals surface area contributed by atoms with Crippen molar-refractivity contribution in [2.75, 3.05) is 25.0 Å². The molecule has 1 fully saturated rings. The number of nitrogens with zero attached hydrogens (tertiary/aromatic N) is 2. The van der Waals surface area contributed by atoms with Crippen molar-refractivity contribution in [1.29, 1.82) is 5.26 Å². The number of nitrogens with one attached hydrogen (secondary N) is 1. The van der Waals surface area contributed by atoms with E-state index in [4.69, 9.17) is 5.73 Å². The topological polar surface area (TPSA) is 99.2 Å². The van der Waals surface area contributed by atoms with E-state index in [2.05, 4.69) is 11.4 Å². The van der Waals surface area contributed by atoms with Crippen LogP contribution in [0.3, 0.4) is 0 Å². The van der Waals surface area contributed by atoms with Crippen LogP contribution in [-0.2, 0) is 22.4 Å². The Morgan fingerprint density at radius 1 is 1.45 bits per heavy atom. The first-order valence-electron chi connectivity index (χ1n) is 7.44. The third-order valence-corrected chi connectivity index (χ3v) is 5.54. The average molecular weight is 318 g/mol. The van der Waals surface area contributed by atoms with Crippen LogP contribution in [0.2, 0.25) is 0 Å². The van der Waals surface area contributed by atoms with Gasteiger partial charge in [-0.2, -0.15) is 5.26 Å². The lowest BCUT2D eigenvalue weighted by molar-refractivity contribution is -0.122. The lowest BCUT2D eigenvalue weighted by Gasteiger charge is -2.14. The summed E-state index contributed by atoms with van der Waals surface area (Å²) in [5.41, 5.74) is 7.03. The van der Waals surface area contributed by atoms with Crippen LogP contribution in [0.5, 0.6) is 0 Å². The maximum atomic E-state index is 12.2. The predicted molar refractivity (Wildman–Crippen MR) is 83.4 cm³/mol. The van der Waals surface area contributed by atoms with E-state index in [1.807, 2.05) is 4.90 Å². The standard InChI is InChI=1S/C15H18N4O2S/c16-6-11-10-2-1-3-12(10)22-15(11)18-13(20)8-19-5-4-9(7-19)14(17)21/h9H,1-5,7-8H2,(H2,17,21)(H,18,20)/t9-/m0/s1. The van der Waals surface area contributed by atoms with Gasteiger partial charge in [-0.3, -0.25) is 14.5 Å². The van der Waals surface area contributed by atoms with E-state index in [-0.39, 0.29) is 24.3 Å². The lowest BCUT2D eigenvalue weighted by Crippen LogP contribution is -2.33. The number of carbonyl (C=O) groups is 2. The van der Waals surface area contributed by atoms with E-state index in [1.165, 1.54) is 16.2 Å². The molecular formula is C15H18N4O2S. The molecule has 1 saturated heterocycles. The number of carbonyl (C=O) groups excluding carboxylic acids is 2. The van der Waals surface area contributed by atoms with Gasteiger partial charge < -0.3 is 11.1 Å². The normalized spacial score (nSPS) is 20.6. The second-order valence-corrected chi connectivity index (χ2v) is 6.95. The Morgan fingerprint density at radius 3 is 2.95 bits per heavy atom. The van der Waals surface area contributed by atoms with Crippen molar-refractivity contribution in [2.24, 2.45) is 11.7 Å². The number of nitriles is 1. The van der Waals surface area contributed by atoms with Gasteiger partial charge in [-0.25, -0.2) is 0 Å². The largest absolute Gasteiger partial charge is 0.369 e. The Kier molecular flexibility index (Phi) is 4.14. The van der Waals surface area contributed by atoms with Crippen LogP contribution in [0, 0.1) is 17.2 Å². The second kappa shape index (κ2) is 6.07. The van der Waals surface area contributed by atoms with Gasteiger partial charge >= 0.3 is 0 Å². The van der Waals surface area contributed by atoms with Gasteiger partial charge in [0, 0.05) is 11.4 Å². The van der Waals surface area contributed by atoms with Crippen molar-refractivity contribution < 1.29 is 9.59 Å². The first-order valence-corrected chi connectivity index (χ1v) is 8.26. The number of anilines is 1. The molecule has 0 saturated carbocycles. The minimum Gasteiger partial charge on any atom is -0.369 e. The molecular weight excluding hydrogens is 300 g/mol. The molecule has 2 aliphatic rings. The smallest absolute Gasteiger partial charge is 0.239 e. The number of amides is 2. The molecule has 2 heterocycles. The Morgan fingerprint density at radius 2 is 2.27 bits per heavy atom. The molecule has 1 aromatic rings. The molecule has 7 heteroatoms. The van der Waals surface area contributed by atoms with Crippen LogP contribution in [0.1, 0.15) is 28.8 Å². The number of aryl methyl sites for hydroxylation is 1. The molecule has 6 nitrogen and oxygen atoms in total. The van der Waals surface area contributed by atoms with Gasteiger partial charge in [0.05, 0.1) is 18.0 Å². The van der Waals surface area contributed by atoms with Gasteiger partial charge in [0.25, 0.3) is 0 Å². The third-order valence-electron chi connectivity index (χ3n) is 4.33. The van der Waals surface area contributed by atoms with E-state index in [1.54, 1.807) is 0 Å². The highest BCUT2D eigenvalue weighted by Gasteiger charge is 2.28. The van der Waals surface area contributed by atoms with Gasteiger partial charge in [-0.1, -0.05) is 0 Å². The lowest BCUT2D eigenvalue weighted by atomic mass is 10.1.